The first kappa shape index (κ1) is 13.8. The molecule has 0 aromatic heterocycles. The molecule has 8 heteroatoms. The molecule has 2 N–H and O–H groups in total. The van der Waals surface area contributed by atoms with Gasteiger partial charge in [0.2, 0.25) is 10.0 Å². The summed E-state index contributed by atoms with van der Waals surface area (Å²) in [6.07, 6.45) is 0.563. The van der Waals surface area contributed by atoms with Gasteiger partial charge in [0.05, 0.1) is 5.02 Å². The fraction of sp³-hybridized carbons (Fsp3) is 0.300. The first-order valence-electron chi connectivity index (χ1n) is 5.00. The third kappa shape index (κ3) is 2.40. The van der Waals surface area contributed by atoms with Crippen molar-refractivity contribution < 1.29 is 18.3 Å². The summed E-state index contributed by atoms with van der Waals surface area (Å²) < 4.78 is 26.8. The van der Waals surface area contributed by atoms with Gasteiger partial charge in [-0.2, -0.15) is 4.72 Å². The summed E-state index contributed by atoms with van der Waals surface area (Å²) in [7, 11) is -3.97. The van der Waals surface area contributed by atoms with Crippen molar-refractivity contribution >= 4 is 43.5 Å². The summed E-state index contributed by atoms with van der Waals surface area (Å²) in [6.45, 7) is 0. The second kappa shape index (κ2) is 4.48. The standard InChI is InChI=1S/C10H9BrClNO4S/c11-6-2-1-3-7(12)8(6)18(16,17)13-10(4-5-10)9(14)15/h1-3,13H,4-5H2,(H,14,15). The Morgan fingerprint density at radius 1 is 1.44 bits per heavy atom. The number of carboxylic acids is 1. The van der Waals surface area contributed by atoms with Crippen LogP contribution in [0.15, 0.2) is 27.6 Å². The molecule has 0 heterocycles. The molecule has 98 valence electrons. The molecule has 5 nitrogen and oxygen atoms in total. The van der Waals surface area contributed by atoms with E-state index in [1.165, 1.54) is 12.1 Å². The van der Waals surface area contributed by atoms with E-state index in [1.807, 2.05) is 0 Å². The number of hydrogen-bond acceptors (Lipinski definition) is 3. The highest BCUT2D eigenvalue weighted by Gasteiger charge is 2.53. The maximum atomic E-state index is 12.1. The van der Waals surface area contributed by atoms with E-state index in [4.69, 9.17) is 16.7 Å². The molecule has 0 radical (unpaired) electrons. The van der Waals surface area contributed by atoms with Crippen molar-refractivity contribution in [3.8, 4) is 0 Å². The summed E-state index contributed by atoms with van der Waals surface area (Å²) in [4.78, 5) is 10.9. The first-order chi connectivity index (χ1) is 8.28. The molecule has 0 spiro atoms. The fourth-order valence-electron chi connectivity index (χ4n) is 1.53. The lowest BCUT2D eigenvalue weighted by Gasteiger charge is -2.14. The number of halogens is 2. The molecule has 0 unspecified atom stereocenters. The molecular formula is C10H9BrClNO4S. The van der Waals surface area contributed by atoms with Crippen LogP contribution in [0.5, 0.6) is 0 Å². The third-order valence-electron chi connectivity index (χ3n) is 2.68. The van der Waals surface area contributed by atoms with E-state index in [0.29, 0.717) is 4.47 Å². The lowest BCUT2D eigenvalue weighted by molar-refractivity contribution is -0.140. The number of aliphatic carboxylic acids is 1. The highest BCUT2D eigenvalue weighted by Crippen LogP contribution is 2.39. The zero-order valence-electron chi connectivity index (χ0n) is 8.98. The van der Waals surface area contributed by atoms with Crippen LogP contribution in [0.2, 0.25) is 5.02 Å². The van der Waals surface area contributed by atoms with Crippen LogP contribution in [0.3, 0.4) is 0 Å². The van der Waals surface area contributed by atoms with E-state index < -0.39 is 21.5 Å². The zero-order chi connectivity index (χ0) is 13.6. The number of carbonyl (C=O) groups is 1. The minimum absolute atomic E-state index is 0.0399. The van der Waals surface area contributed by atoms with Crippen LogP contribution in [0.4, 0.5) is 0 Å². The zero-order valence-corrected chi connectivity index (χ0v) is 12.1. The number of hydrogen-bond donors (Lipinski definition) is 2. The average molecular weight is 355 g/mol. The summed E-state index contributed by atoms with van der Waals surface area (Å²) in [5, 5.41) is 9.02. The predicted molar refractivity (Wildman–Crippen MR) is 69.1 cm³/mol. The smallest absolute Gasteiger partial charge is 0.324 e. The number of benzene rings is 1. The molecule has 1 aliphatic carbocycles. The van der Waals surface area contributed by atoms with E-state index in [9.17, 15) is 13.2 Å². The molecule has 18 heavy (non-hydrogen) atoms. The molecule has 1 fully saturated rings. The Bertz CT molecular complexity index is 592. The van der Waals surface area contributed by atoms with Crippen LogP contribution in [0.1, 0.15) is 12.8 Å². The van der Waals surface area contributed by atoms with Crippen molar-refractivity contribution in [2.24, 2.45) is 0 Å². The van der Waals surface area contributed by atoms with Gasteiger partial charge >= 0.3 is 5.97 Å². The van der Waals surface area contributed by atoms with Gasteiger partial charge in [0.15, 0.2) is 0 Å². The van der Waals surface area contributed by atoms with Gasteiger partial charge in [0.25, 0.3) is 0 Å². The van der Waals surface area contributed by atoms with E-state index in [2.05, 4.69) is 20.7 Å². The molecule has 0 atom stereocenters. The maximum Gasteiger partial charge on any atom is 0.324 e. The normalized spacial score (nSPS) is 17.4. The molecule has 0 amide bonds. The summed E-state index contributed by atoms with van der Waals surface area (Å²) in [5.74, 6) is -1.17. The minimum atomic E-state index is -3.97. The van der Waals surface area contributed by atoms with Gasteiger partial charge in [-0.15, -0.1) is 0 Å². The van der Waals surface area contributed by atoms with E-state index >= 15 is 0 Å². The Morgan fingerprint density at radius 3 is 2.50 bits per heavy atom. The van der Waals surface area contributed by atoms with Gasteiger partial charge in [-0.25, -0.2) is 8.42 Å². The topological polar surface area (TPSA) is 83.5 Å². The maximum absolute atomic E-state index is 12.1. The Hall–Kier alpha value is -0.630. The van der Waals surface area contributed by atoms with Crippen LogP contribution in [0, 0.1) is 0 Å². The minimum Gasteiger partial charge on any atom is -0.480 e. The number of carboxylic acid groups (broad SMARTS) is 1. The number of nitrogens with one attached hydrogen (secondary N) is 1. The molecule has 0 bridgehead atoms. The summed E-state index contributed by atoms with van der Waals surface area (Å²) in [6, 6.07) is 4.55. The van der Waals surface area contributed by atoms with Crippen molar-refractivity contribution in [3.63, 3.8) is 0 Å². The quantitative estimate of drug-likeness (QED) is 0.866. The SMILES string of the molecule is O=C(O)C1(NS(=O)(=O)c2c(Cl)cccc2Br)CC1. The third-order valence-corrected chi connectivity index (χ3v) is 5.66. The average Bonchev–Trinajstić information content (AvgIpc) is 2.97. The lowest BCUT2D eigenvalue weighted by atomic mass is 10.3. The van der Waals surface area contributed by atoms with Crippen LogP contribution in [-0.2, 0) is 14.8 Å². The van der Waals surface area contributed by atoms with Crippen molar-refractivity contribution in [1.29, 1.82) is 0 Å². The van der Waals surface area contributed by atoms with Crippen LogP contribution >= 0.6 is 27.5 Å². The molecule has 1 aromatic rings. The van der Waals surface area contributed by atoms with E-state index in [0.717, 1.165) is 0 Å². The van der Waals surface area contributed by atoms with Gasteiger partial charge in [-0.3, -0.25) is 4.79 Å². The molecule has 0 aliphatic heterocycles. The van der Waals surface area contributed by atoms with Crippen molar-refractivity contribution in [1.82, 2.24) is 4.72 Å². The Morgan fingerprint density at radius 2 is 2.06 bits per heavy atom. The van der Waals surface area contributed by atoms with Crippen molar-refractivity contribution in [2.45, 2.75) is 23.3 Å². The monoisotopic (exact) mass is 353 g/mol. The molecule has 1 saturated carbocycles. The highest BCUT2D eigenvalue weighted by atomic mass is 79.9. The highest BCUT2D eigenvalue weighted by molar-refractivity contribution is 9.10. The van der Waals surface area contributed by atoms with Crippen molar-refractivity contribution in [3.05, 3.63) is 27.7 Å². The second-order valence-electron chi connectivity index (χ2n) is 4.04. The van der Waals surface area contributed by atoms with Crippen molar-refractivity contribution in [2.75, 3.05) is 0 Å². The molecular weight excluding hydrogens is 346 g/mol. The van der Waals surface area contributed by atoms with Gasteiger partial charge in [0.1, 0.15) is 10.4 Å². The largest absolute Gasteiger partial charge is 0.480 e. The number of sulfonamides is 1. The Balaban J connectivity index is 2.41. The van der Waals surface area contributed by atoms with Gasteiger partial charge in [0, 0.05) is 4.47 Å². The van der Waals surface area contributed by atoms with Crippen LogP contribution in [0.25, 0.3) is 0 Å². The lowest BCUT2D eigenvalue weighted by Crippen LogP contribution is -2.43. The van der Waals surface area contributed by atoms with Gasteiger partial charge < -0.3 is 5.11 Å². The molecule has 1 aromatic carbocycles. The second-order valence-corrected chi connectivity index (χ2v) is 6.92. The van der Waals surface area contributed by atoms with Crippen LogP contribution < -0.4 is 4.72 Å². The molecule has 0 saturated heterocycles. The first-order valence-corrected chi connectivity index (χ1v) is 7.65. The predicted octanol–water partition coefficient (Wildman–Crippen LogP) is 2.00. The fourth-order valence-corrected chi connectivity index (χ4v) is 4.69. The molecule has 2 rings (SSSR count). The summed E-state index contributed by atoms with van der Waals surface area (Å²) >= 11 is 8.94. The van der Waals surface area contributed by atoms with Gasteiger partial charge in [-0.1, -0.05) is 17.7 Å². The van der Waals surface area contributed by atoms with E-state index in [-0.39, 0.29) is 22.8 Å². The van der Waals surface area contributed by atoms with E-state index in [1.54, 1.807) is 6.07 Å². The number of rotatable bonds is 4. The Labute approximate surface area is 117 Å². The van der Waals surface area contributed by atoms with Crippen LogP contribution in [-0.4, -0.2) is 25.0 Å². The molecule has 1 aliphatic rings. The van der Waals surface area contributed by atoms with Gasteiger partial charge in [-0.05, 0) is 40.9 Å². The Kier molecular flexibility index (Phi) is 3.44. The summed E-state index contributed by atoms with van der Waals surface area (Å²) in [5.41, 5.74) is -1.38.